The normalized spacial score (nSPS) is 10.5. The standard InChI is InChI=1S/C12H8N4S/c13-6-8-1-2-10-11(5-8)16(12(14)15-10)9-3-4-17-7-9/h1-5,7H,(H2,14,15). The first-order chi connectivity index (χ1) is 8.29. The number of rotatable bonds is 1. The minimum atomic E-state index is 0.438. The van der Waals surface area contributed by atoms with Crippen LogP contribution in [0.2, 0.25) is 0 Å². The third-order valence-corrected chi connectivity index (χ3v) is 3.24. The Hall–Kier alpha value is -2.32. The molecular formula is C12H8N4S. The van der Waals surface area contributed by atoms with E-state index in [9.17, 15) is 0 Å². The molecule has 5 heteroatoms. The highest BCUT2D eigenvalue weighted by Gasteiger charge is 2.10. The summed E-state index contributed by atoms with van der Waals surface area (Å²) in [5.41, 5.74) is 9.15. The van der Waals surface area contributed by atoms with Gasteiger partial charge < -0.3 is 5.73 Å². The summed E-state index contributed by atoms with van der Waals surface area (Å²) in [5.74, 6) is 0.438. The zero-order valence-corrected chi connectivity index (χ0v) is 9.61. The van der Waals surface area contributed by atoms with Crippen molar-refractivity contribution in [3.63, 3.8) is 0 Å². The van der Waals surface area contributed by atoms with Crippen molar-refractivity contribution in [2.24, 2.45) is 0 Å². The molecule has 0 aliphatic heterocycles. The predicted octanol–water partition coefficient (Wildman–Crippen LogP) is 2.54. The van der Waals surface area contributed by atoms with E-state index in [0.29, 0.717) is 11.5 Å². The molecule has 3 aromatic rings. The monoisotopic (exact) mass is 240 g/mol. The van der Waals surface area contributed by atoms with Gasteiger partial charge in [0.05, 0.1) is 28.4 Å². The summed E-state index contributed by atoms with van der Waals surface area (Å²) < 4.78 is 1.85. The number of anilines is 1. The van der Waals surface area contributed by atoms with Gasteiger partial charge in [-0.15, -0.1) is 0 Å². The molecule has 0 bridgehead atoms. The zero-order chi connectivity index (χ0) is 11.8. The molecule has 82 valence electrons. The lowest BCUT2D eigenvalue weighted by Crippen LogP contribution is -1.98. The van der Waals surface area contributed by atoms with Gasteiger partial charge in [-0.25, -0.2) is 4.98 Å². The topological polar surface area (TPSA) is 67.6 Å². The van der Waals surface area contributed by atoms with Crippen LogP contribution in [0.25, 0.3) is 16.7 Å². The molecule has 17 heavy (non-hydrogen) atoms. The number of benzene rings is 1. The maximum Gasteiger partial charge on any atom is 0.205 e. The predicted molar refractivity (Wildman–Crippen MR) is 68.1 cm³/mol. The number of nitrogens with zero attached hydrogens (tertiary/aromatic N) is 3. The van der Waals surface area contributed by atoms with E-state index in [1.807, 2.05) is 27.5 Å². The third kappa shape index (κ3) is 1.47. The summed E-state index contributed by atoms with van der Waals surface area (Å²) >= 11 is 1.60. The molecule has 3 rings (SSSR count). The van der Waals surface area contributed by atoms with E-state index >= 15 is 0 Å². The molecule has 0 atom stereocenters. The van der Waals surface area contributed by atoms with Crippen LogP contribution in [0, 0.1) is 11.3 Å². The van der Waals surface area contributed by atoms with E-state index < -0.39 is 0 Å². The van der Waals surface area contributed by atoms with Crippen LogP contribution in [0.5, 0.6) is 0 Å². The maximum atomic E-state index is 8.92. The van der Waals surface area contributed by atoms with E-state index in [2.05, 4.69) is 11.1 Å². The molecular weight excluding hydrogens is 232 g/mol. The van der Waals surface area contributed by atoms with Crippen LogP contribution in [0.1, 0.15) is 5.56 Å². The zero-order valence-electron chi connectivity index (χ0n) is 8.79. The van der Waals surface area contributed by atoms with Gasteiger partial charge >= 0.3 is 0 Å². The van der Waals surface area contributed by atoms with E-state index in [1.54, 1.807) is 23.5 Å². The Balaban J connectivity index is 2.37. The number of nitrogen functional groups attached to an aromatic ring is 1. The summed E-state index contributed by atoms with van der Waals surface area (Å²) in [6.45, 7) is 0. The lowest BCUT2D eigenvalue weighted by Gasteiger charge is -2.02. The van der Waals surface area contributed by atoms with Gasteiger partial charge in [0, 0.05) is 5.38 Å². The van der Waals surface area contributed by atoms with Gasteiger partial charge in [-0.2, -0.15) is 16.6 Å². The van der Waals surface area contributed by atoms with Crippen molar-refractivity contribution in [1.82, 2.24) is 9.55 Å². The molecule has 0 saturated heterocycles. The van der Waals surface area contributed by atoms with Gasteiger partial charge in [-0.1, -0.05) is 0 Å². The molecule has 0 aliphatic carbocycles. The number of fused-ring (bicyclic) bond motifs is 1. The van der Waals surface area contributed by atoms with Gasteiger partial charge in [0.25, 0.3) is 0 Å². The second-order valence-corrected chi connectivity index (χ2v) is 4.38. The Morgan fingerprint density at radius 3 is 2.94 bits per heavy atom. The molecule has 0 unspecified atom stereocenters. The number of hydrogen-bond acceptors (Lipinski definition) is 4. The first-order valence-corrected chi connectivity index (χ1v) is 5.94. The average Bonchev–Trinajstić information content (AvgIpc) is 2.93. The Morgan fingerprint density at radius 2 is 2.24 bits per heavy atom. The van der Waals surface area contributed by atoms with E-state index in [1.165, 1.54) is 0 Å². The number of aromatic nitrogens is 2. The molecule has 2 heterocycles. The van der Waals surface area contributed by atoms with Crippen molar-refractivity contribution >= 4 is 28.3 Å². The van der Waals surface area contributed by atoms with Gasteiger partial charge in [0.2, 0.25) is 5.95 Å². The molecule has 2 aromatic heterocycles. The molecule has 0 spiro atoms. The molecule has 4 nitrogen and oxygen atoms in total. The van der Waals surface area contributed by atoms with Gasteiger partial charge in [0.1, 0.15) is 0 Å². The molecule has 0 saturated carbocycles. The number of nitriles is 1. The van der Waals surface area contributed by atoms with Crippen LogP contribution in [-0.2, 0) is 0 Å². The smallest absolute Gasteiger partial charge is 0.205 e. The first-order valence-electron chi connectivity index (χ1n) is 5.00. The lowest BCUT2D eigenvalue weighted by atomic mass is 10.2. The maximum absolute atomic E-state index is 8.92. The number of imidazole rings is 1. The second kappa shape index (κ2) is 3.61. The molecule has 0 fully saturated rings. The van der Waals surface area contributed by atoms with Crippen LogP contribution in [0.15, 0.2) is 35.0 Å². The summed E-state index contributed by atoms with van der Waals surface area (Å²) in [4.78, 5) is 4.28. The first kappa shape index (κ1) is 9.87. The highest BCUT2D eigenvalue weighted by Crippen LogP contribution is 2.25. The Kier molecular flexibility index (Phi) is 2.10. The highest BCUT2D eigenvalue weighted by molar-refractivity contribution is 7.08. The van der Waals surface area contributed by atoms with E-state index in [4.69, 9.17) is 11.0 Å². The van der Waals surface area contributed by atoms with Crippen LogP contribution in [0.4, 0.5) is 5.95 Å². The Bertz CT molecular complexity index is 719. The van der Waals surface area contributed by atoms with Crippen LogP contribution >= 0.6 is 11.3 Å². The summed E-state index contributed by atoms with van der Waals surface area (Å²) in [7, 11) is 0. The molecule has 0 amide bonds. The molecule has 1 aromatic carbocycles. The number of thiophene rings is 1. The minimum Gasteiger partial charge on any atom is -0.369 e. The number of nitrogens with two attached hydrogens (primary N) is 1. The highest BCUT2D eigenvalue weighted by atomic mass is 32.1. The SMILES string of the molecule is N#Cc1ccc2nc(N)n(-c3ccsc3)c2c1. The fraction of sp³-hybridized carbons (Fsp3) is 0. The Morgan fingerprint density at radius 1 is 1.35 bits per heavy atom. The van der Waals surface area contributed by atoms with Gasteiger partial charge in [-0.05, 0) is 29.6 Å². The van der Waals surface area contributed by atoms with Crippen molar-refractivity contribution in [2.75, 3.05) is 5.73 Å². The van der Waals surface area contributed by atoms with Gasteiger partial charge in [-0.3, -0.25) is 4.57 Å². The van der Waals surface area contributed by atoms with Gasteiger partial charge in [0.15, 0.2) is 0 Å². The minimum absolute atomic E-state index is 0.438. The lowest BCUT2D eigenvalue weighted by molar-refractivity contribution is 1.12. The second-order valence-electron chi connectivity index (χ2n) is 3.60. The molecule has 2 N–H and O–H groups in total. The fourth-order valence-electron chi connectivity index (χ4n) is 1.82. The van der Waals surface area contributed by atoms with Crippen molar-refractivity contribution in [2.45, 2.75) is 0 Å². The number of hydrogen-bond donors (Lipinski definition) is 1. The van der Waals surface area contributed by atoms with Crippen molar-refractivity contribution in [3.05, 3.63) is 40.6 Å². The molecule has 0 aliphatic rings. The van der Waals surface area contributed by atoms with Crippen molar-refractivity contribution in [3.8, 4) is 11.8 Å². The third-order valence-electron chi connectivity index (χ3n) is 2.57. The summed E-state index contributed by atoms with van der Waals surface area (Å²) in [6.07, 6.45) is 0. The molecule has 0 radical (unpaired) electrons. The Labute approximate surface area is 102 Å². The summed E-state index contributed by atoms with van der Waals surface area (Å²) in [5, 5.41) is 12.9. The average molecular weight is 240 g/mol. The fourth-order valence-corrected chi connectivity index (χ4v) is 2.44. The van der Waals surface area contributed by atoms with Crippen molar-refractivity contribution in [1.29, 1.82) is 5.26 Å². The van der Waals surface area contributed by atoms with Crippen LogP contribution in [0.3, 0.4) is 0 Å². The van der Waals surface area contributed by atoms with Crippen LogP contribution in [-0.4, -0.2) is 9.55 Å². The van der Waals surface area contributed by atoms with E-state index in [-0.39, 0.29) is 0 Å². The van der Waals surface area contributed by atoms with E-state index in [0.717, 1.165) is 16.7 Å². The largest absolute Gasteiger partial charge is 0.369 e. The summed E-state index contributed by atoms with van der Waals surface area (Å²) in [6, 6.07) is 9.45. The quantitative estimate of drug-likeness (QED) is 0.710. The van der Waals surface area contributed by atoms with Crippen molar-refractivity contribution < 1.29 is 0 Å². The van der Waals surface area contributed by atoms with Crippen LogP contribution < -0.4 is 5.73 Å².